The molecule has 0 saturated heterocycles. The summed E-state index contributed by atoms with van der Waals surface area (Å²) in [6, 6.07) is 0. The van der Waals surface area contributed by atoms with Crippen molar-refractivity contribution in [3.05, 3.63) is 11.9 Å². The Kier molecular flexibility index (Phi) is 4.39. The van der Waals surface area contributed by atoms with Crippen molar-refractivity contribution in [2.24, 2.45) is 13.0 Å². The standard InChI is InChI=1S/C15H27N3O2/c1-11-6-8-15(9-7-11,17(2)3)14(19)13-12(20-5)10-16-18(13)4/h10-11,14,19H,6-9H2,1-5H3. The normalized spacial score (nSPS) is 28.6. The van der Waals surface area contributed by atoms with Crippen LogP contribution in [-0.2, 0) is 7.05 Å². The SMILES string of the molecule is COc1cnn(C)c1C(O)C1(N(C)C)CCC(C)CC1. The van der Waals surface area contributed by atoms with Gasteiger partial charge in [-0.3, -0.25) is 4.68 Å². The lowest BCUT2D eigenvalue weighted by Crippen LogP contribution is -2.51. The summed E-state index contributed by atoms with van der Waals surface area (Å²) in [7, 11) is 7.60. The van der Waals surface area contributed by atoms with E-state index in [1.807, 2.05) is 7.05 Å². The second kappa shape index (κ2) is 5.74. The Morgan fingerprint density at radius 2 is 2.05 bits per heavy atom. The molecule has 5 heteroatoms. The van der Waals surface area contributed by atoms with Crippen LogP contribution in [0, 0.1) is 5.92 Å². The molecule has 20 heavy (non-hydrogen) atoms. The highest BCUT2D eigenvalue weighted by Crippen LogP contribution is 2.45. The summed E-state index contributed by atoms with van der Waals surface area (Å²) < 4.78 is 7.09. The number of hydrogen-bond acceptors (Lipinski definition) is 4. The second-order valence-electron chi connectivity index (χ2n) is 6.30. The van der Waals surface area contributed by atoms with Gasteiger partial charge in [0.1, 0.15) is 11.8 Å². The van der Waals surface area contributed by atoms with Crippen molar-refractivity contribution >= 4 is 0 Å². The molecule has 1 aromatic rings. The van der Waals surface area contributed by atoms with Crippen LogP contribution in [0.1, 0.15) is 44.4 Å². The molecule has 1 saturated carbocycles. The molecule has 1 fully saturated rings. The van der Waals surface area contributed by atoms with E-state index in [0.717, 1.165) is 37.3 Å². The smallest absolute Gasteiger partial charge is 0.162 e. The largest absolute Gasteiger partial charge is 0.493 e. The first-order chi connectivity index (χ1) is 9.42. The predicted molar refractivity (Wildman–Crippen MR) is 78.8 cm³/mol. The van der Waals surface area contributed by atoms with Crippen LogP contribution in [0.2, 0.25) is 0 Å². The fourth-order valence-corrected chi connectivity index (χ4v) is 3.38. The van der Waals surface area contributed by atoms with Gasteiger partial charge in [0.15, 0.2) is 5.75 Å². The maximum atomic E-state index is 11.1. The van der Waals surface area contributed by atoms with E-state index in [0.29, 0.717) is 5.75 Å². The minimum absolute atomic E-state index is 0.229. The number of aryl methyl sites for hydroxylation is 1. The van der Waals surface area contributed by atoms with Crippen LogP contribution >= 0.6 is 0 Å². The summed E-state index contributed by atoms with van der Waals surface area (Å²) in [5.74, 6) is 1.41. The number of aromatic nitrogens is 2. The zero-order valence-electron chi connectivity index (χ0n) is 13.3. The number of hydrogen-bond donors (Lipinski definition) is 1. The van der Waals surface area contributed by atoms with Crippen molar-refractivity contribution in [1.29, 1.82) is 0 Å². The Bertz CT molecular complexity index is 448. The minimum atomic E-state index is -0.590. The van der Waals surface area contributed by atoms with Crippen molar-refractivity contribution in [2.75, 3.05) is 21.2 Å². The van der Waals surface area contributed by atoms with Gasteiger partial charge >= 0.3 is 0 Å². The molecule has 0 aliphatic heterocycles. The maximum absolute atomic E-state index is 11.1. The van der Waals surface area contributed by atoms with Crippen LogP contribution in [0.15, 0.2) is 6.20 Å². The molecule has 0 aromatic carbocycles. The first kappa shape index (κ1) is 15.3. The van der Waals surface area contributed by atoms with Crippen LogP contribution in [0.4, 0.5) is 0 Å². The number of rotatable bonds is 4. The molecule has 0 amide bonds. The third kappa shape index (κ3) is 2.44. The summed E-state index contributed by atoms with van der Waals surface area (Å²) in [6.45, 7) is 2.29. The minimum Gasteiger partial charge on any atom is -0.493 e. The highest BCUT2D eigenvalue weighted by atomic mass is 16.5. The van der Waals surface area contributed by atoms with Crippen molar-refractivity contribution in [3.63, 3.8) is 0 Å². The Morgan fingerprint density at radius 1 is 1.45 bits per heavy atom. The van der Waals surface area contributed by atoms with Crippen LogP contribution in [0.25, 0.3) is 0 Å². The molecule has 1 atom stereocenters. The highest BCUT2D eigenvalue weighted by Gasteiger charge is 2.45. The van der Waals surface area contributed by atoms with Crippen LogP contribution in [0.5, 0.6) is 5.75 Å². The lowest BCUT2D eigenvalue weighted by atomic mass is 9.72. The van der Waals surface area contributed by atoms with Gasteiger partial charge in [-0.1, -0.05) is 6.92 Å². The third-order valence-electron chi connectivity index (χ3n) is 4.97. The number of ether oxygens (including phenoxy) is 1. The van der Waals surface area contributed by atoms with Gasteiger partial charge in [0.05, 0.1) is 18.8 Å². The molecule has 0 spiro atoms. The number of nitrogens with zero attached hydrogens (tertiary/aromatic N) is 3. The highest BCUT2D eigenvalue weighted by molar-refractivity contribution is 5.30. The molecule has 0 radical (unpaired) electrons. The van der Waals surface area contributed by atoms with Crippen LogP contribution in [0.3, 0.4) is 0 Å². The van der Waals surface area contributed by atoms with Gasteiger partial charge in [0, 0.05) is 7.05 Å². The summed E-state index contributed by atoms with van der Waals surface area (Å²) in [5, 5.41) is 15.3. The van der Waals surface area contributed by atoms with E-state index >= 15 is 0 Å². The van der Waals surface area contributed by atoms with E-state index in [1.54, 1.807) is 18.0 Å². The maximum Gasteiger partial charge on any atom is 0.162 e. The van der Waals surface area contributed by atoms with Gasteiger partial charge in [-0.05, 0) is 45.7 Å². The molecule has 5 nitrogen and oxygen atoms in total. The lowest BCUT2D eigenvalue weighted by molar-refractivity contribution is -0.0454. The topological polar surface area (TPSA) is 50.5 Å². The molecule has 1 N–H and O–H groups in total. The number of likely N-dealkylation sites (N-methyl/N-ethyl adjacent to an activating group) is 1. The Morgan fingerprint density at radius 3 is 2.55 bits per heavy atom. The van der Waals surface area contributed by atoms with E-state index in [2.05, 4.69) is 31.0 Å². The molecule has 1 aliphatic carbocycles. The van der Waals surface area contributed by atoms with E-state index in [1.165, 1.54) is 0 Å². The first-order valence-electron chi connectivity index (χ1n) is 7.33. The van der Waals surface area contributed by atoms with Gasteiger partial charge in [0.25, 0.3) is 0 Å². The summed E-state index contributed by atoms with van der Waals surface area (Å²) in [5.41, 5.74) is 0.545. The van der Waals surface area contributed by atoms with Crippen molar-refractivity contribution in [1.82, 2.24) is 14.7 Å². The monoisotopic (exact) mass is 281 g/mol. The zero-order chi connectivity index (χ0) is 14.9. The average Bonchev–Trinajstić information content (AvgIpc) is 2.79. The second-order valence-corrected chi connectivity index (χ2v) is 6.30. The summed E-state index contributed by atoms with van der Waals surface area (Å²) in [4.78, 5) is 2.18. The van der Waals surface area contributed by atoms with Gasteiger partial charge in [0.2, 0.25) is 0 Å². The molecular formula is C15H27N3O2. The lowest BCUT2D eigenvalue weighted by Gasteiger charge is -2.47. The number of aliphatic hydroxyl groups excluding tert-OH is 1. The van der Waals surface area contributed by atoms with Gasteiger partial charge in [-0.15, -0.1) is 0 Å². The van der Waals surface area contributed by atoms with Gasteiger partial charge in [-0.2, -0.15) is 5.10 Å². The van der Waals surface area contributed by atoms with Crippen molar-refractivity contribution < 1.29 is 9.84 Å². The van der Waals surface area contributed by atoms with Gasteiger partial charge < -0.3 is 14.7 Å². The van der Waals surface area contributed by atoms with Crippen molar-refractivity contribution in [2.45, 2.75) is 44.2 Å². The molecular weight excluding hydrogens is 254 g/mol. The molecule has 1 aliphatic rings. The first-order valence-corrected chi connectivity index (χ1v) is 7.33. The quantitative estimate of drug-likeness (QED) is 0.917. The summed E-state index contributed by atoms with van der Waals surface area (Å²) >= 11 is 0. The summed E-state index contributed by atoms with van der Waals surface area (Å²) in [6.07, 6.45) is 5.37. The fraction of sp³-hybridized carbons (Fsp3) is 0.800. The molecule has 0 bridgehead atoms. The number of aliphatic hydroxyl groups is 1. The molecule has 114 valence electrons. The third-order valence-corrected chi connectivity index (χ3v) is 4.97. The molecule has 1 aromatic heterocycles. The van der Waals surface area contributed by atoms with E-state index < -0.39 is 6.10 Å². The Balaban J connectivity index is 2.36. The Labute approximate surface area is 121 Å². The van der Waals surface area contributed by atoms with E-state index in [9.17, 15) is 5.11 Å². The van der Waals surface area contributed by atoms with E-state index in [-0.39, 0.29) is 5.54 Å². The average molecular weight is 281 g/mol. The molecule has 1 unspecified atom stereocenters. The Hall–Kier alpha value is -1.07. The zero-order valence-corrected chi connectivity index (χ0v) is 13.3. The van der Waals surface area contributed by atoms with E-state index in [4.69, 9.17) is 4.74 Å². The van der Waals surface area contributed by atoms with Crippen LogP contribution in [-0.4, -0.2) is 46.5 Å². The van der Waals surface area contributed by atoms with Crippen molar-refractivity contribution in [3.8, 4) is 5.75 Å². The van der Waals surface area contributed by atoms with Crippen LogP contribution < -0.4 is 4.74 Å². The molecule has 1 heterocycles. The predicted octanol–water partition coefficient (Wildman–Crippen LogP) is 1.97. The fourth-order valence-electron chi connectivity index (χ4n) is 3.38. The molecule has 2 rings (SSSR count). The van der Waals surface area contributed by atoms with Gasteiger partial charge in [-0.25, -0.2) is 0 Å². The number of methoxy groups -OCH3 is 1.